The number of likely N-dealkylation sites (tertiary alicyclic amines) is 1. The number of aromatic carboxylic acids is 1. The number of benzene rings is 2. The lowest BCUT2D eigenvalue weighted by atomic mass is 9.87. The zero-order valence-electron chi connectivity index (χ0n) is 14.5. The topological polar surface area (TPSA) is 57.6 Å². The van der Waals surface area contributed by atoms with Crippen LogP contribution in [0.15, 0.2) is 48.5 Å². The number of carboxylic acid groups (broad SMARTS) is 1. The fraction of sp³-hybridized carbons (Fsp3) is 0.238. The van der Waals surface area contributed by atoms with E-state index in [0.29, 0.717) is 42.4 Å². The maximum atomic E-state index is 13.8. The molecule has 1 aliphatic heterocycles. The van der Waals surface area contributed by atoms with E-state index in [9.17, 15) is 19.1 Å². The molecule has 2 heterocycles. The highest BCUT2D eigenvalue weighted by Crippen LogP contribution is 2.41. The molecule has 1 amide bonds. The van der Waals surface area contributed by atoms with Gasteiger partial charge in [-0.25, -0.2) is 9.18 Å². The zero-order chi connectivity index (χ0) is 19.0. The van der Waals surface area contributed by atoms with E-state index in [2.05, 4.69) is 0 Å². The number of piperidine rings is 1. The van der Waals surface area contributed by atoms with E-state index < -0.39 is 5.97 Å². The molecule has 138 valence electrons. The van der Waals surface area contributed by atoms with Crippen LogP contribution in [0.2, 0.25) is 0 Å². The van der Waals surface area contributed by atoms with Gasteiger partial charge in [0, 0.05) is 23.4 Å². The van der Waals surface area contributed by atoms with Crippen LogP contribution in [0.4, 0.5) is 4.39 Å². The molecule has 1 N–H and O–H groups in total. The Labute approximate surface area is 159 Å². The van der Waals surface area contributed by atoms with Gasteiger partial charge in [-0.1, -0.05) is 18.2 Å². The van der Waals surface area contributed by atoms with E-state index in [0.717, 1.165) is 4.70 Å². The van der Waals surface area contributed by atoms with Gasteiger partial charge in [0.2, 0.25) is 0 Å². The number of hydrogen-bond donors (Lipinski definition) is 1. The molecule has 1 saturated heterocycles. The summed E-state index contributed by atoms with van der Waals surface area (Å²) in [6.45, 7) is 1.12. The third-order valence-corrected chi connectivity index (χ3v) is 6.27. The van der Waals surface area contributed by atoms with Crippen molar-refractivity contribution < 1.29 is 19.1 Å². The minimum atomic E-state index is -0.977. The molecule has 1 fully saturated rings. The van der Waals surface area contributed by atoms with E-state index in [1.54, 1.807) is 23.1 Å². The van der Waals surface area contributed by atoms with E-state index in [1.165, 1.54) is 23.5 Å². The second kappa shape index (κ2) is 7.12. The van der Waals surface area contributed by atoms with Gasteiger partial charge >= 0.3 is 5.97 Å². The number of amides is 1. The molecule has 6 heteroatoms. The fourth-order valence-electron chi connectivity index (χ4n) is 3.79. The van der Waals surface area contributed by atoms with Crippen LogP contribution in [0, 0.1) is 5.82 Å². The summed E-state index contributed by atoms with van der Waals surface area (Å²) in [5.41, 5.74) is 1.37. The van der Waals surface area contributed by atoms with Crippen molar-refractivity contribution in [3.63, 3.8) is 0 Å². The van der Waals surface area contributed by atoms with Crippen LogP contribution < -0.4 is 0 Å². The number of carboxylic acids is 1. The third kappa shape index (κ3) is 3.32. The first-order valence-corrected chi connectivity index (χ1v) is 9.66. The lowest BCUT2D eigenvalue weighted by Crippen LogP contribution is -2.38. The van der Waals surface area contributed by atoms with Gasteiger partial charge in [-0.05, 0) is 60.0 Å². The van der Waals surface area contributed by atoms with Crippen molar-refractivity contribution in [1.29, 1.82) is 0 Å². The summed E-state index contributed by atoms with van der Waals surface area (Å²) in [5, 5.41) is 10.3. The van der Waals surface area contributed by atoms with E-state index in [1.807, 2.05) is 18.2 Å². The van der Waals surface area contributed by atoms with Gasteiger partial charge in [-0.2, -0.15) is 0 Å². The molecule has 0 spiro atoms. The van der Waals surface area contributed by atoms with Crippen LogP contribution in [-0.2, 0) is 0 Å². The molecule has 0 bridgehead atoms. The van der Waals surface area contributed by atoms with Crippen molar-refractivity contribution >= 4 is 33.3 Å². The molecule has 1 aliphatic rings. The molecular weight excluding hydrogens is 365 g/mol. The number of rotatable bonds is 3. The van der Waals surface area contributed by atoms with Crippen molar-refractivity contribution in [3.05, 3.63) is 70.4 Å². The Morgan fingerprint density at radius 1 is 1.07 bits per heavy atom. The van der Waals surface area contributed by atoms with Crippen LogP contribution in [0.1, 0.15) is 44.4 Å². The van der Waals surface area contributed by atoms with Gasteiger partial charge in [0.15, 0.2) is 0 Å². The molecule has 4 rings (SSSR count). The monoisotopic (exact) mass is 383 g/mol. The van der Waals surface area contributed by atoms with Crippen LogP contribution in [0.5, 0.6) is 0 Å². The Hall–Kier alpha value is -2.73. The Kier molecular flexibility index (Phi) is 4.66. The van der Waals surface area contributed by atoms with Crippen LogP contribution in [-0.4, -0.2) is 35.0 Å². The van der Waals surface area contributed by atoms with Crippen molar-refractivity contribution in [3.8, 4) is 0 Å². The quantitative estimate of drug-likeness (QED) is 0.709. The number of hydrogen-bond acceptors (Lipinski definition) is 3. The Morgan fingerprint density at radius 3 is 2.44 bits per heavy atom. The average Bonchev–Trinajstić information content (AvgIpc) is 3.07. The normalized spacial score (nSPS) is 15.2. The zero-order valence-corrected chi connectivity index (χ0v) is 15.3. The number of halogens is 1. The molecular formula is C21H18FNO3S. The van der Waals surface area contributed by atoms with Crippen molar-refractivity contribution in [1.82, 2.24) is 4.90 Å². The summed E-state index contributed by atoms with van der Waals surface area (Å²) < 4.78 is 14.5. The second-order valence-electron chi connectivity index (χ2n) is 6.72. The van der Waals surface area contributed by atoms with Crippen molar-refractivity contribution in [2.24, 2.45) is 0 Å². The molecule has 2 aromatic carbocycles. The summed E-state index contributed by atoms with van der Waals surface area (Å²) >= 11 is 1.19. The molecule has 0 saturated carbocycles. The van der Waals surface area contributed by atoms with E-state index >= 15 is 0 Å². The maximum absolute atomic E-state index is 13.8. The maximum Gasteiger partial charge on any atom is 0.346 e. The van der Waals surface area contributed by atoms with Crippen LogP contribution >= 0.6 is 11.3 Å². The SMILES string of the molecule is O=C(O)c1sc2ccc(F)cc2c1C1CCN(C(=O)c2ccccc2)CC1. The molecule has 4 nitrogen and oxygen atoms in total. The fourth-order valence-corrected chi connectivity index (χ4v) is 4.90. The summed E-state index contributed by atoms with van der Waals surface area (Å²) in [5.74, 6) is -1.34. The lowest BCUT2D eigenvalue weighted by molar-refractivity contribution is 0.0685. The predicted molar refractivity (Wildman–Crippen MR) is 103 cm³/mol. The standard InChI is InChI=1S/C21H18FNO3S/c22-15-6-7-17-16(12-15)18(19(27-17)21(25)26)13-8-10-23(11-9-13)20(24)14-4-2-1-3-5-14/h1-7,12-13H,8-11H2,(H,25,26). The number of carbonyl (C=O) groups excluding carboxylic acids is 1. The first-order valence-electron chi connectivity index (χ1n) is 8.84. The molecule has 27 heavy (non-hydrogen) atoms. The van der Waals surface area contributed by atoms with Crippen molar-refractivity contribution in [2.75, 3.05) is 13.1 Å². The largest absolute Gasteiger partial charge is 0.477 e. The Morgan fingerprint density at radius 2 is 1.78 bits per heavy atom. The van der Waals surface area contributed by atoms with E-state index in [-0.39, 0.29) is 22.5 Å². The van der Waals surface area contributed by atoms with E-state index in [4.69, 9.17) is 0 Å². The highest BCUT2D eigenvalue weighted by molar-refractivity contribution is 7.21. The molecule has 0 atom stereocenters. The first-order chi connectivity index (χ1) is 13.0. The number of carbonyl (C=O) groups is 2. The molecule has 1 aromatic heterocycles. The summed E-state index contributed by atoms with van der Waals surface area (Å²) in [6.07, 6.45) is 1.34. The third-order valence-electron chi connectivity index (χ3n) is 5.09. The molecule has 0 unspecified atom stereocenters. The number of nitrogens with zero attached hydrogens (tertiary/aromatic N) is 1. The lowest BCUT2D eigenvalue weighted by Gasteiger charge is -2.32. The van der Waals surface area contributed by atoms with Gasteiger partial charge in [-0.3, -0.25) is 4.79 Å². The predicted octanol–water partition coefficient (Wildman–Crippen LogP) is 4.76. The molecule has 0 radical (unpaired) electrons. The second-order valence-corrected chi connectivity index (χ2v) is 7.78. The van der Waals surface area contributed by atoms with Gasteiger partial charge in [0.25, 0.3) is 5.91 Å². The van der Waals surface area contributed by atoms with Crippen LogP contribution in [0.25, 0.3) is 10.1 Å². The van der Waals surface area contributed by atoms with Crippen molar-refractivity contribution in [2.45, 2.75) is 18.8 Å². The van der Waals surface area contributed by atoms with Gasteiger partial charge in [-0.15, -0.1) is 11.3 Å². The smallest absolute Gasteiger partial charge is 0.346 e. The Balaban J connectivity index is 1.60. The van der Waals surface area contributed by atoms with Gasteiger partial charge in [0.1, 0.15) is 10.7 Å². The highest BCUT2D eigenvalue weighted by Gasteiger charge is 2.30. The number of thiophene rings is 1. The summed E-state index contributed by atoms with van der Waals surface area (Å²) in [4.78, 5) is 26.4. The Bertz CT molecular complexity index is 1010. The summed E-state index contributed by atoms with van der Waals surface area (Å²) in [7, 11) is 0. The molecule has 3 aromatic rings. The van der Waals surface area contributed by atoms with Crippen LogP contribution in [0.3, 0.4) is 0 Å². The van der Waals surface area contributed by atoms with Gasteiger partial charge < -0.3 is 10.0 Å². The number of fused-ring (bicyclic) bond motifs is 1. The van der Waals surface area contributed by atoms with Gasteiger partial charge in [0.05, 0.1) is 0 Å². The molecule has 0 aliphatic carbocycles. The minimum Gasteiger partial charge on any atom is -0.477 e. The average molecular weight is 383 g/mol. The highest BCUT2D eigenvalue weighted by atomic mass is 32.1. The summed E-state index contributed by atoms with van der Waals surface area (Å²) in [6, 6.07) is 13.6. The minimum absolute atomic E-state index is 0.00581. The first kappa shape index (κ1) is 17.7.